The minimum atomic E-state index is -0.222. The van der Waals surface area contributed by atoms with Gasteiger partial charge in [0.2, 0.25) is 0 Å². The van der Waals surface area contributed by atoms with Gasteiger partial charge in [0.15, 0.2) is 5.96 Å². The van der Waals surface area contributed by atoms with Gasteiger partial charge in [0, 0.05) is 46.9 Å². The van der Waals surface area contributed by atoms with Crippen LogP contribution in [0.4, 0.5) is 0 Å². The van der Waals surface area contributed by atoms with E-state index in [9.17, 15) is 9.59 Å². The fourth-order valence-electron chi connectivity index (χ4n) is 3.62. The van der Waals surface area contributed by atoms with Crippen LogP contribution in [-0.2, 0) is 4.74 Å². The van der Waals surface area contributed by atoms with Crippen LogP contribution in [0.2, 0.25) is 0 Å². The molecular formula is C20H29IN4O3. The van der Waals surface area contributed by atoms with E-state index < -0.39 is 0 Å². The van der Waals surface area contributed by atoms with Gasteiger partial charge in [-0.15, -0.1) is 24.0 Å². The number of carbonyl (C=O) groups is 2. The van der Waals surface area contributed by atoms with Crippen LogP contribution in [0.1, 0.15) is 40.0 Å². The molecule has 0 spiro atoms. The fourth-order valence-corrected chi connectivity index (χ4v) is 3.62. The Bertz CT molecular complexity index is 684. The maximum absolute atomic E-state index is 12.4. The number of rotatable bonds is 6. The predicted molar refractivity (Wildman–Crippen MR) is 119 cm³/mol. The maximum atomic E-state index is 12.4. The number of nitrogens with one attached hydrogen (secondary N) is 1. The zero-order chi connectivity index (χ0) is 19.2. The van der Waals surface area contributed by atoms with Crippen molar-refractivity contribution < 1.29 is 14.3 Å². The molecule has 2 amide bonds. The largest absolute Gasteiger partial charge is 0.381 e. The molecule has 1 aromatic rings. The number of ether oxygens (including phenoxy) is 1. The van der Waals surface area contributed by atoms with Crippen LogP contribution in [0.3, 0.4) is 0 Å². The van der Waals surface area contributed by atoms with Crippen molar-refractivity contribution in [3.63, 3.8) is 0 Å². The summed E-state index contributed by atoms with van der Waals surface area (Å²) in [6.07, 6.45) is 3.36. The maximum Gasteiger partial charge on any atom is 0.261 e. The number of guanidine groups is 1. The standard InChI is InChI=1S/C20H28N4O3.HI/c1-21-20(23(2)11-7-15-8-13-27-14-9-15)22-10-12-24-18(25)16-5-3-4-6-17(16)19(24)26;/h3-6,15H,7-14H2,1-2H3,(H,21,22);1H. The average molecular weight is 500 g/mol. The van der Waals surface area contributed by atoms with Gasteiger partial charge in [-0.05, 0) is 37.3 Å². The van der Waals surface area contributed by atoms with E-state index in [0.717, 1.165) is 45.0 Å². The molecule has 1 fully saturated rings. The molecule has 154 valence electrons. The molecule has 0 unspecified atom stereocenters. The lowest BCUT2D eigenvalue weighted by atomic mass is 9.96. The number of imide groups is 1. The van der Waals surface area contributed by atoms with E-state index in [-0.39, 0.29) is 35.8 Å². The molecule has 0 saturated carbocycles. The van der Waals surface area contributed by atoms with Crippen molar-refractivity contribution in [2.24, 2.45) is 10.9 Å². The van der Waals surface area contributed by atoms with Gasteiger partial charge in [-0.25, -0.2) is 0 Å². The minimum absolute atomic E-state index is 0. The lowest BCUT2D eigenvalue weighted by Crippen LogP contribution is -2.44. The van der Waals surface area contributed by atoms with E-state index in [4.69, 9.17) is 4.74 Å². The molecule has 2 heterocycles. The summed E-state index contributed by atoms with van der Waals surface area (Å²) in [6, 6.07) is 6.96. The van der Waals surface area contributed by atoms with Crippen LogP contribution in [-0.4, -0.2) is 74.5 Å². The monoisotopic (exact) mass is 500 g/mol. The molecule has 1 saturated heterocycles. The number of hydrogen-bond donors (Lipinski definition) is 1. The quantitative estimate of drug-likeness (QED) is 0.281. The van der Waals surface area contributed by atoms with Crippen molar-refractivity contribution in [3.8, 4) is 0 Å². The summed E-state index contributed by atoms with van der Waals surface area (Å²) < 4.78 is 5.41. The normalized spacial score (nSPS) is 17.4. The molecule has 2 aliphatic heterocycles. The Hall–Kier alpha value is -1.68. The Morgan fingerprint density at radius 3 is 2.39 bits per heavy atom. The van der Waals surface area contributed by atoms with E-state index in [1.807, 2.05) is 7.05 Å². The molecule has 2 aliphatic rings. The summed E-state index contributed by atoms with van der Waals surface area (Å²) in [6.45, 7) is 3.43. The topological polar surface area (TPSA) is 74.2 Å². The van der Waals surface area contributed by atoms with Crippen LogP contribution in [0.5, 0.6) is 0 Å². The summed E-state index contributed by atoms with van der Waals surface area (Å²) in [7, 11) is 3.76. The smallest absolute Gasteiger partial charge is 0.261 e. The van der Waals surface area contributed by atoms with E-state index in [1.165, 1.54) is 4.90 Å². The van der Waals surface area contributed by atoms with Crippen LogP contribution < -0.4 is 5.32 Å². The third-order valence-corrected chi connectivity index (χ3v) is 5.28. The summed E-state index contributed by atoms with van der Waals surface area (Å²) in [5.41, 5.74) is 0.973. The number of halogens is 1. The SMILES string of the molecule is CN=C(NCCN1C(=O)c2ccccc2C1=O)N(C)CCC1CCOCC1.I. The van der Waals surface area contributed by atoms with E-state index in [1.54, 1.807) is 31.3 Å². The molecule has 0 radical (unpaired) electrons. The first-order chi connectivity index (χ1) is 13.1. The first-order valence-electron chi connectivity index (χ1n) is 9.56. The Morgan fingerprint density at radius 1 is 1.21 bits per heavy atom. The molecule has 8 heteroatoms. The zero-order valence-electron chi connectivity index (χ0n) is 16.5. The molecule has 0 aromatic heterocycles. The van der Waals surface area contributed by atoms with E-state index in [2.05, 4.69) is 15.2 Å². The number of nitrogens with zero attached hydrogens (tertiary/aromatic N) is 3. The van der Waals surface area contributed by atoms with Crippen molar-refractivity contribution in [1.29, 1.82) is 0 Å². The minimum Gasteiger partial charge on any atom is -0.381 e. The Balaban J connectivity index is 0.00000280. The van der Waals surface area contributed by atoms with E-state index >= 15 is 0 Å². The van der Waals surface area contributed by atoms with Gasteiger partial charge < -0.3 is 15.0 Å². The van der Waals surface area contributed by atoms with Gasteiger partial charge in [-0.3, -0.25) is 19.5 Å². The van der Waals surface area contributed by atoms with Crippen LogP contribution in [0.25, 0.3) is 0 Å². The van der Waals surface area contributed by atoms with E-state index in [0.29, 0.717) is 30.1 Å². The lowest BCUT2D eigenvalue weighted by molar-refractivity contribution is 0.0623. The van der Waals surface area contributed by atoms with Gasteiger partial charge in [-0.1, -0.05) is 12.1 Å². The highest BCUT2D eigenvalue weighted by Crippen LogP contribution is 2.22. The summed E-state index contributed by atoms with van der Waals surface area (Å²) in [5.74, 6) is 1.04. The third kappa shape index (κ3) is 5.22. The molecule has 1 N–H and O–H groups in total. The Kier molecular flexibility index (Phi) is 8.68. The van der Waals surface area contributed by atoms with Crippen molar-refractivity contribution in [2.75, 3.05) is 46.9 Å². The lowest BCUT2D eigenvalue weighted by Gasteiger charge is -2.27. The second kappa shape index (κ2) is 10.8. The molecule has 0 atom stereocenters. The highest BCUT2D eigenvalue weighted by molar-refractivity contribution is 14.0. The van der Waals surface area contributed by atoms with Crippen molar-refractivity contribution >= 4 is 41.8 Å². The number of aliphatic imine (C=N–C) groups is 1. The molecule has 7 nitrogen and oxygen atoms in total. The second-order valence-corrected chi connectivity index (χ2v) is 7.05. The van der Waals surface area contributed by atoms with Crippen molar-refractivity contribution in [2.45, 2.75) is 19.3 Å². The number of benzene rings is 1. The van der Waals surface area contributed by atoms with Gasteiger partial charge >= 0.3 is 0 Å². The summed E-state index contributed by atoms with van der Waals surface area (Å²) in [4.78, 5) is 32.5. The highest BCUT2D eigenvalue weighted by atomic mass is 127. The average Bonchev–Trinajstić information content (AvgIpc) is 2.95. The third-order valence-electron chi connectivity index (χ3n) is 5.28. The van der Waals surface area contributed by atoms with Gasteiger partial charge in [0.1, 0.15) is 0 Å². The number of amides is 2. The van der Waals surface area contributed by atoms with Crippen LogP contribution >= 0.6 is 24.0 Å². The number of carbonyl (C=O) groups excluding carboxylic acids is 2. The Morgan fingerprint density at radius 2 is 1.82 bits per heavy atom. The highest BCUT2D eigenvalue weighted by Gasteiger charge is 2.34. The van der Waals surface area contributed by atoms with Crippen LogP contribution in [0, 0.1) is 5.92 Å². The number of fused-ring (bicyclic) bond motifs is 1. The zero-order valence-corrected chi connectivity index (χ0v) is 18.8. The second-order valence-electron chi connectivity index (χ2n) is 7.05. The molecule has 1 aromatic carbocycles. The molecule has 0 bridgehead atoms. The Labute approximate surface area is 183 Å². The fraction of sp³-hybridized carbons (Fsp3) is 0.550. The van der Waals surface area contributed by atoms with Gasteiger partial charge in [-0.2, -0.15) is 0 Å². The van der Waals surface area contributed by atoms with Gasteiger partial charge in [0.05, 0.1) is 11.1 Å². The van der Waals surface area contributed by atoms with Crippen molar-refractivity contribution in [3.05, 3.63) is 35.4 Å². The predicted octanol–water partition coefficient (Wildman–Crippen LogP) is 2.22. The summed E-state index contributed by atoms with van der Waals surface area (Å²) in [5, 5.41) is 3.26. The summed E-state index contributed by atoms with van der Waals surface area (Å²) >= 11 is 0. The molecule has 28 heavy (non-hydrogen) atoms. The molecular weight excluding hydrogens is 471 g/mol. The molecule has 0 aliphatic carbocycles. The first-order valence-corrected chi connectivity index (χ1v) is 9.56. The molecule has 3 rings (SSSR count). The van der Waals surface area contributed by atoms with Crippen LogP contribution in [0.15, 0.2) is 29.3 Å². The van der Waals surface area contributed by atoms with Crippen molar-refractivity contribution in [1.82, 2.24) is 15.1 Å². The van der Waals surface area contributed by atoms with Gasteiger partial charge in [0.25, 0.3) is 11.8 Å². The first kappa shape index (κ1) is 22.6. The number of hydrogen-bond acceptors (Lipinski definition) is 4.